The minimum absolute atomic E-state index is 0. The summed E-state index contributed by atoms with van der Waals surface area (Å²) in [6.07, 6.45) is 8.34. The van der Waals surface area contributed by atoms with Gasteiger partial charge in [-0.1, -0.05) is 129 Å². The third kappa shape index (κ3) is 9.40. The Morgan fingerprint density at radius 1 is 0.643 bits per heavy atom. The standard InChI is InChI=1S/C30H33N2.C21H25N2.Sr/c1-20(2)25-14-10-11-15-26(25)30-31-16-17-32(30)29-27(21(3)4)18-24(19-28(29)22(5)6)23-12-8-7-9-13-23;1-15(2)18-11-8-12-19(16(3)4)20(18)23-14-13-22-21(23)17-9-6-5-7-10-17;/h7-19,21-22H,1-6H3;5-9,11-16,21-22H,1-4H3;/q2*-1;+2. The molecule has 6 aromatic rings. The first-order chi connectivity index (χ1) is 26.5. The molecule has 0 saturated heterocycles. The van der Waals surface area contributed by atoms with Crippen LogP contribution in [0.3, 0.4) is 0 Å². The van der Waals surface area contributed by atoms with Gasteiger partial charge in [-0.2, -0.15) is 47.9 Å². The van der Waals surface area contributed by atoms with Crippen LogP contribution in [0.25, 0.3) is 28.2 Å². The van der Waals surface area contributed by atoms with Crippen LogP contribution in [-0.2, 0) is 0 Å². The molecule has 1 atom stereocenters. The first-order valence-corrected chi connectivity index (χ1v) is 19.9. The Bertz CT molecular complexity index is 2140. The normalized spacial score (nSPS) is 13.5. The van der Waals surface area contributed by atoms with Gasteiger partial charge in [0.2, 0.25) is 0 Å². The maximum atomic E-state index is 4.84. The van der Waals surface area contributed by atoms with Crippen LogP contribution in [0.15, 0.2) is 134 Å². The van der Waals surface area contributed by atoms with Crippen LogP contribution < -0.4 is 10.2 Å². The van der Waals surface area contributed by atoms with Crippen molar-refractivity contribution in [3.8, 4) is 28.2 Å². The zero-order valence-electron chi connectivity index (χ0n) is 35.1. The SMILES string of the molecule is CC(C)c1cccc(C(C)C)c1N1C=CNC1c1[c-]cccc1.C[C-](C)c1ccccc1-c1nccn1-c1c(C(C)C)cc(-c2ccccc2)cc1C(C)C.[Sr+2]. The molecule has 2 heterocycles. The van der Waals surface area contributed by atoms with E-state index >= 15 is 0 Å². The molecule has 1 unspecified atom stereocenters. The van der Waals surface area contributed by atoms with Gasteiger partial charge in [0, 0.05) is 30.5 Å². The fraction of sp³-hybridized carbons (Fsp3) is 0.294. The first kappa shape index (κ1) is 43.1. The molecule has 0 saturated carbocycles. The van der Waals surface area contributed by atoms with Crippen molar-refractivity contribution in [1.29, 1.82) is 0 Å². The van der Waals surface area contributed by atoms with E-state index in [9.17, 15) is 0 Å². The number of aromatic nitrogens is 2. The van der Waals surface area contributed by atoms with Crippen molar-refractivity contribution in [1.82, 2.24) is 14.9 Å². The van der Waals surface area contributed by atoms with E-state index < -0.39 is 0 Å². The second-order valence-corrected chi connectivity index (χ2v) is 16.0. The third-order valence-corrected chi connectivity index (χ3v) is 10.5. The summed E-state index contributed by atoms with van der Waals surface area (Å²) in [5.41, 5.74) is 14.2. The number of hydrogen-bond acceptors (Lipinski definition) is 3. The number of benzene rings is 5. The summed E-state index contributed by atoms with van der Waals surface area (Å²) in [6, 6.07) is 42.3. The van der Waals surface area contributed by atoms with E-state index in [1.807, 2.05) is 24.5 Å². The maximum absolute atomic E-state index is 4.84. The van der Waals surface area contributed by atoms with E-state index in [4.69, 9.17) is 4.98 Å². The molecule has 1 aliphatic rings. The maximum Gasteiger partial charge on any atom is 2.00 e. The Balaban J connectivity index is 0.000000222. The number of hydrogen-bond donors (Lipinski definition) is 1. The number of nitrogens with one attached hydrogen (secondary N) is 1. The average Bonchev–Trinajstić information content (AvgIpc) is 3.89. The van der Waals surface area contributed by atoms with E-state index in [0.29, 0.717) is 23.7 Å². The van der Waals surface area contributed by atoms with Crippen molar-refractivity contribution >= 4 is 51.2 Å². The van der Waals surface area contributed by atoms with E-state index in [2.05, 4.69) is 200 Å². The predicted molar refractivity (Wildman–Crippen MR) is 239 cm³/mol. The van der Waals surface area contributed by atoms with Gasteiger partial charge in [-0.3, -0.25) is 0 Å². The minimum Gasteiger partial charge on any atom is -0.368 e. The van der Waals surface area contributed by atoms with Crippen molar-refractivity contribution in [3.05, 3.63) is 179 Å². The summed E-state index contributed by atoms with van der Waals surface area (Å²) in [7, 11) is 0. The quantitative estimate of drug-likeness (QED) is 0.110. The Labute approximate surface area is 374 Å². The molecule has 1 aliphatic heterocycles. The molecule has 0 radical (unpaired) electrons. The second-order valence-electron chi connectivity index (χ2n) is 16.0. The van der Waals surface area contributed by atoms with E-state index in [1.54, 1.807) is 0 Å². The van der Waals surface area contributed by atoms with Gasteiger partial charge in [0.1, 0.15) is 6.17 Å². The molecule has 0 fully saturated rings. The monoisotopic (exact) mass is 814 g/mol. The van der Waals surface area contributed by atoms with Gasteiger partial charge in [0.05, 0.1) is 11.5 Å². The number of para-hydroxylation sites is 1. The van der Waals surface area contributed by atoms with Crippen molar-refractivity contribution in [2.45, 2.75) is 99.1 Å². The van der Waals surface area contributed by atoms with Crippen molar-refractivity contribution < 1.29 is 0 Å². The summed E-state index contributed by atoms with van der Waals surface area (Å²) < 4.78 is 2.31. The Morgan fingerprint density at radius 3 is 1.80 bits per heavy atom. The van der Waals surface area contributed by atoms with Gasteiger partial charge in [-0.25, -0.2) is 4.98 Å². The average molecular weight is 815 g/mol. The van der Waals surface area contributed by atoms with Crippen LogP contribution in [0.5, 0.6) is 0 Å². The van der Waals surface area contributed by atoms with Gasteiger partial charge < -0.3 is 14.8 Å². The molecular formula is C51H58N4Sr. The van der Waals surface area contributed by atoms with Crippen molar-refractivity contribution in [3.63, 3.8) is 0 Å². The second kappa shape index (κ2) is 19.4. The van der Waals surface area contributed by atoms with Gasteiger partial charge in [-0.15, -0.1) is 17.7 Å². The molecule has 7 rings (SSSR count). The molecule has 4 nitrogen and oxygen atoms in total. The fourth-order valence-electron chi connectivity index (χ4n) is 7.64. The molecule has 0 aliphatic carbocycles. The summed E-state index contributed by atoms with van der Waals surface area (Å²) >= 11 is 0. The van der Waals surface area contributed by atoms with Gasteiger partial charge in [-0.05, 0) is 69.2 Å². The molecular weight excluding hydrogens is 756 g/mol. The Morgan fingerprint density at radius 2 is 1.23 bits per heavy atom. The molecule has 5 aromatic carbocycles. The summed E-state index contributed by atoms with van der Waals surface area (Å²) in [4.78, 5) is 7.19. The van der Waals surface area contributed by atoms with Crippen LogP contribution in [0, 0.1) is 12.0 Å². The molecule has 0 amide bonds. The van der Waals surface area contributed by atoms with E-state index in [0.717, 1.165) is 11.4 Å². The van der Waals surface area contributed by atoms with Crippen LogP contribution >= 0.6 is 0 Å². The van der Waals surface area contributed by atoms with Gasteiger partial charge in [0.15, 0.2) is 0 Å². The van der Waals surface area contributed by atoms with Crippen LogP contribution in [0.1, 0.15) is 132 Å². The molecule has 5 heteroatoms. The van der Waals surface area contributed by atoms with Crippen LogP contribution in [0.2, 0.25) is 0 Å². The molecule has 1 aromatic heterocycles. The van der Waals surface area contributed by atoms with Crippen molar-refractivity contribution in [2.24, 2.45) is 0 Å². The van der Waals surface area contributed by atoms with E-state index in [1.165, 1.54) is 61.8 Å². The largest absolute Gasteiger partial charge is 2.00 e. The van der Waals surface area contributed by atoms with E-state index in [-0.39, 0.29) is 51.6 Å². The minimum atomic E-state index is 0. The molecule has 284 valence electrons. The molecule has 0 bridgehead atoms. The number of imidazole rings is 1. The van der Waals surface area contributed by atoms with Gasteiger partial charge in [0.25, 0.3) is 0 Å². The molecule has 0 spiro atoms. The number of anilines is 1. The van der Waals surface area contributed by atoms with Crippen LogP contribution in [-0.4, -0.2) is 55.0 Å². The zero-order valence-corrected chi connectivity index (χ0v) is 38.6. The summed E-state index contributed by atoms with van der Waals surface area (Å²) in [5, 5.41) is 3.47. The number of nitrogens with zero attached hydrogens (tertiary/aromatic N) is 3. The predicted octanol–water partition coefficient (Wildman–Crippen LogP) is 13.3. The smallest absolute Gasteiger partial charge is 0.368 e. The van der Waals surface area contributed by atoms with Crippen LogP contribution in [0.4, 0.5) is 5.69 Å². The number of rotatable bonds is 10. The first-order valence-electron chi connectivity index (χ1n) is 19.9. The zero-order chi connectivity index (χ0) is 39.2. The molecule has 1 N–H and O–H groups in total. The third-order valence-electron chi connectivity index (χ3n) is 10.5. The topological polar surface area (TPSA) is 33.1 Å². The summed E-state index contributed by atoms with van der Waals surface area (Å²) in [5.74, 6) is 4.03. The van der Waals surface area contributed by atoms with Gasteiger partial charge >= 0.3 is 45.5 Å². The van der Waals surface area contributed by atoms with Crippen molar-refractivity contribution in [2.75, 3.05) is 4.90 Å². The fourth-order valence-corrected chi connectivity index (χ4v) is 7.64. The summed E-state index contributed by atoms with van der Waals surface area (Å²) in [6.45, 7) is 22.5. The molecule has 56 heavy (non-hydrogen) atoms. The Hall–Kier alpha value is -4.00. The Kier molecular flexibility index (Phi) is 15.0.